The molecular weight excluding hydrogens is 286 g/mol. The molecule has 120 valence electrons. The number of hydrogen-bond acceptors (Lipinski definition) is 2. The Morgan fingerprint density at radius 3 is 2.43 bits per heavy atom. The first kappa shape index (κ1) is 15.5. The van der Waals surface area contributed by atoms with Crippen molar-refractivity contribution in [3.63, 3.8) is 0 Å². The van der Waals surface area contributed by atoms with Crippen molar-refractivity contribution in [2.75, 3.05) is 7.11 Å². The Kier molecular flexibility index (Phi) is 4.56. The lowest BCUT2D eigenvalue weighted by atomic mass is 9.99. The van der Waals surface area contributed by atoms with Gasteiger partial charge in [0.05, 0.1) is 12.6 Å². The number of methoxy groups -OCH3 is 1. The molecular formula is C20H23NO2. The summed E-state index contributed by atoms with van der Waals surface area (Å²) in [5, 5.41) is 1.15. The van der Waals surface area contributed by atoms with Crippen LogP contribution >= 0.6 is 0 Å². The molecule has 0 aliphatic carbocycles. The summed E-state index contributed by atoms with van der Waals surface area (Å²) >= 11 is 0. The Bertz CT molecular complexity index is 774. The number of nitrogens with zero attached hydrogens (tertiary/aromatic N) is 1. The summed E-state index contributed by atoms with van der Waals surface area (Å²) < 4.78 is 13.3. The smallest absolute Gasteiger partial charge is 0.165 e. The van der Waals surface area contributed by atoms with Crippen LogP contribution in [0.4, 0.5) is 0 Å². The van der Waals surface area contributed by atoms with Gasteiger partial charge in [-0.05, 0) is 54.3 Å². The number of hydrogen-bond donors (Lipinski definition) is 0. The fourth-order valence-electron chi connectivity index (χ4n) is 2.69. The lowest BCUT2D eigenvalue weighted by molar-refractivity contribution is 0.241. The first-order chi connectivity index (χ1) is 11.2. The number of rotatable bonds is 6. The van der Waals surface area contributed by atoms with E-state index in [1.54, 1.807) is 7.11 Å². The van der Waals surface area contributed by atoms with Crippen molar-refractivity contribution in [3.05, 3.63) is 60.3 Å². The van der Waals surface area contributed by atoms with Crippen LogP contribution in [0.2, 0.25) is 0 Å². The van der Waals surface area contributed by atoms with E-state index < -0.39 is 0 Å². The minimum Gasteiger partial charge on any atom is -0.497 e. The highest BCUT2D eigenvalue weighted by atomic mass is 16.5. The molecule has 0 bridgehead atoms. The topological polar surface area (TPSA) is 23.4 Å². The van der Waals surface area contributed by atoms with E-state index in [0.717, 1.165) is 28.8 Å². The predicted molar refractivity (Wildman–Crippen MR) is 94.3 cm³/mol. The zero-order chi connectivity index (χ0) is 16.2. The van der Waals surface area contributed by atoms with Crippen LogP contribution < -0.4 is 9.47 Å². The van der Waals surface area contributed by atoms with E-state index in [0.29, 0.717) is 12.6 Å². The molecule has 23 heavy (non-hydrogen) atoms. The van der Waals surface area contributed by atoms with E-state index in [1.165, 1.54) is 5.56 Å². The van der Waals surface area contributed by atoms with Gasteiger partial charge >= 0.3 is 0 Å². The minimum absolute atomic E-state index is 0.499. The normalized spacial score (nSPS) is 12.3. The van der Waals surface area contributed by atoms with E-state index in [4.69, 9.17) is 9.47 Å². The van der Waals surface area contributed by atoms with Crippen molar-refractivity contribution in [1.82, 2.24) is 4.57 Å². The van der Waals surface area contributed by atoms with Gasteiger partial charge in [0.25, 0.3) is 0 Å². The molecule has 0 radical (unpaired) electrons. The summed E-state index contributed by atoms with van der Waals surface area (Å²) in [7, 11) is 1.68. The van der Waals surface area contributed by atoms with Gasteiger partial charge in [-0.3, -0.25) is 0 Å². The molecule has 1 unspecified atom stereocenters. The van der Waals surface area contributed by atoms with Crippen LogP contribution in [-0.2, 0) is 6.73 Å². The summed E-state index contributed by atoms with van der Waals surface area (Å²) in [6.45, 7) is 4.95. The second kappa shape index (κ2) is 6.78. The fraction of sp³-hybridized carbons (Fsp3) is 0.300. The Balaban J connectivity index is 1.71. The number of ether oxygens (including phenoxy) is 2. The molecule has 1 aromatic heterocycles. The average Bonchev–Trinajstić information content (AvgIpc) is 3.01. The quantitative estimate of drug-likeness (QED) is 0.625. The largest absolute Gasteiger partial charge is 0.497 e. The standard InChI is InChI=1S/C20H23NO2/c1-4-15(2)16-5-7-18(8-6-16)23-14-21-12-11-17-13-19(22-3)9-10-20(17)21/h5-13,15H,4,14H2,1-3H3. The van der Waals surface area contributed by atoms with Crippen LogP contribution in [0.15, 0.2) is 54.7 Å². The Hall–Kier alpha value is -2.42. The van der Waals surface area contributed by atoms with Gasteiger partial charge in [-0.1, -0.05) is 26.0 Å². The molecule has 3 rings (SSSR count). The van der Waals surface area contributed by atoms with E-state index >= 15 is 0 Å². The highest BCUT2D eigenvalue weighted by molar-refractivity contribution is 5.81. The van der Waals surface area contributed by atoms with Gasteiger partial charge in [0.15, 0.2) is 6.73 Å². The first-order valence-corrected chi connectivity index (χ1v) is 8.07. The van der Waals surface area contributed by atoms with E-state index in [9.17, 15) is 0 Å². The van der Waals surface area contributed by atoms with E-state index in [1.807, 2.05) is 18.3 Å². The van der Waals surface area contributed by atoms with Gasteiger partial charge in [-0.2, -0.15) is 0 Å². The molecule has 1 heterocycles. The van der Waals surface area contributed by atoms with Gasteiger partial charge < -0.3 is 14.0 Å². The molecule has 0 amide bonds. The summed E-state index contributed by atoms with van der Waals surface area (Å²) in [6, 6.07) is 16.6. The second-order valence-electron chi connectivity index (χ2n) is 5.86. The van der Waals surface area contributed by atoms with Gasteiger partial charge in [0, 0.05) is 11.6 Å². The van der Waals surface area contributed by atoms with Crippen molar-refractivity contribution in [2.45, 2.75) is 32.9 Å². The second-order valence-corrected chi connectivity index (χ2v) is 5.86. The minimum atomic E-state index is 0.499. The van der Waals surface area contributed by atoms with Crippen molar-refractivity contribution >= 4 is 10.9 Å². The molecule has 0 aliphatic rings. The van der Waals surface area contributed by atoms with Crippen LogP contribution in [0.5, 0.6) is 11.5 Å². The average molecular weight is 309 g/mol. The molecule has 0 saturated carbocycles. The van der Waals surface area contributed by atoms with Crippen LogP contribution in [0.25, 0.3) is 10.9 Å². The lowest BCUT2D eigenvalue weighted by Crippen LogP contribution is -2.03. The highest BCUT2D eigenvalue weighted by Gasteiger charge is 2.05. The van der Waals surface area contributed by atoms with Crippen molar-refractivity contribution in [1.29, 1.82) is 0 Å². The third-order valence-electron chi connectivity index (χ3n) is 4.41. The molecule has 1 atom stereocenters. The first-order valence-electron chi connectivity index (χ1n) is 8.07. The van der Waals surface area contributed by atoms with Gasteiger partial charge in [0.2, 0.25) is 0 Å². The molecule has 0 spiro atoms. The lowest BCUT2D eigenvalue weighted by Gasteiger charge is -2.12. The third kappa shape index (κ3) is 3.34. The summed E-state index contributed by atoms with van der Waals surface area (Å²) in [5.74, 6) is 2.36. The maximum atomic E-state index is 5.92. The maximum Gasteiger partial charge on any atom is 0.165 e. The predicted octanol–water partition coefficient (Wildman–Crippen LogP) is 5.20. The van der Waals surface area contributed by atoms with E-state index in [2.05, 4.69) is 54.8 Å². The van der Waals surface area contributed by atoms with Crippen LogP contribution in [-0.4, -0.2) is 11.7 Å². The monoisotopic (exact) mass is 309 g/mol. The zero-order valence-corrected chi connectivity index (χ0v) is 14.0. The fourth-order valence-corrected chi connectivity index (χ4v) is 2.69. The highest BCUT2D eigenvalue weighted by Crippen LogP contribution is 2.24. The van der Waals surface area contributed by atoms with Crippen LogP contribution in [0.3, 0.4) is 0 Å². The van der Waals surface area contributed by atoms with Gasteiger partial charge in [0.1, 0.15) is 11.5 Å². The zero-order valence-electron chi connectivity index (χ0n) is 14.0. The molecule has 3 aromatic rings. The molecule has 2 aromatic carbocycles. The molecule has 0 N–H and O–H groups in total. The SMILES string of the molecule is CCC(C)c1ccc(OCn2ccc3cc(OC)ccc32)cc1. The summed E-state index contributed by atoms with van der Waals surface area (Å²) in [4.78, 5) is 0. The number of aromatic nitrogens is 1. The third-order valence-corrected chi connectivity index (χ3v) is 4.41. The van der Waals surface area contributed by atoms with Crippen molar-refractivity contribution < 1.29 is 9.47 Å². The van der Waals surface area contributed by atoms with Crippen LogP contribution in [0.1, 0.15) is 31.7 Å². The molecule has 3 nitrogen and oxygen atoms in total. The van der Waals surface area contributed by atoms with Gasteiger partial charge in [-0.25, -0.2) is 0 Å². The molecule has 3 heteroatoms. The van der Waals surface area contributed by atoms with Crippen molar-refractivity contribution in [3.8, 4) is 11.5 Å². The Morgan fingerprint density at radius 2 is 1.74 bits per heavy atom. The molecule has 0 fully saturated rings. The Morgan fingerprint density at radius 1 is 1.00 bits per heavy atom. The van der Waals surface area contributed by atoms with Crippen LogP contribution in [0, 0.1) is 0 Å². The molecule has 0 saturated heterocycles. The van der Waals surface area contributed by atoms with Crippen molar-refractivity contribution in [2.24, 2.45) is 0 Å². The summed E-state index contributed by atoms with van der Waals surface area (Å²) in [6.07, 6.45) is 3.19. The van der Waals surface area contributed by atoms with Gasteiger partial charge in [-0.15, -0.1) is 0 Å². The maximum absolute atomic E-state index is 5.92. The Labute approximate surface area is 137 Å². The van der Waals surface area contributed by atoms with E-state index in [-0.39, 0.29) is 0 Å². The molecule has 0 aliphatic heterocycles. The number of benzene rings is 2. The summed E-state index contributed by atoms with van der Waals surface area (Å²) in [5.41, 5.74) is 2.50. The number of fused-ring (bicyclic) bond motifs is 1.